The number of aliphatic carboxylic acids is 1. The second-order valence-corrected chi connectivity index (χ2v) is 10.9. The van der Waals surface area contributed by atoms with Crippen molar-refractivity contribution in [1.29, 1.82) is 0 Å². The van der Waals surface area contributed by atoms with Gasteiger partial charge in [0, 0.05) is 5.75 Å². The van der Waals surface area contributed by atoms with E-state index < -0.39 is 71.8 Å². The van der Waals surface area contributed by atoms with E-state index in [1.54, 1.807) is 26.0 Å². The minimum atomic E-state index is -1.40. The van der Waals surface area contributed by atoms with Crippen LogP contribution in [-0.4, -0.2) is 81.9 Å². The Morgan fingerprint density at radius 3 is 1.80 bits per heavy atom. The first-order valence-electron chi connectivity index (χ1n) is 13.2. The van der Waals surface area contributed by atoms with Gasteiger partial charge in [0.1, 0.15) is 24.2 Å². The average Bonchev–Trinajstić information content (AvgIpc) is 2.87. The molecule has 0 saturated carbocycles. The molecule has 0 fully saturated rings. The molecule has 0 aromatic heterocycles. The maximum Gasteiger partial charge on any atom is 0.326 e. The zero-order chi connectivity index (χ0) is 30.6. The number of nitrogens with two attached hydrogens (primary N) is 1. The quantitative estimate of drug-likeness (QED) is 0.120. The largest absolute Gasteiger partial charge is 0.480 e. The van der Waals surface area contributed by atoms with Gasteiger partial charge in [-0.1, -0.05) is 58.0 Å². The van der Waals surface area contributed by atoms with Crippen molar-refractivity contribution in [3.8, 4) is 0 Å². The summed E-state index contributed by atoms with van der Waals surface area (Å²) < 4.78 is 0. The average molecular weight is 582 g/mol. The van der Waals surface area contributed by atoms with Gasteiger partial charge in [0.15, 0.2) is 0 Å². The summed E-state index contributed by atoms with van der Waals surface area (Å²) in [5.74, 6) is -4.71. The van der Waals surface area contributed by atoms with E-state index in [0.717, 1.165) is 5.56 Å². The third-order valence-corrected chi connectivity index (χ3v) is 6.45. The maximum absolute atomic E-state index is 13.1. The normalized spacial score (nSPS) is 15.8. The number of benzene rings is 1. The predicted octanol–water partition coefficient (Wildman–Crippen LogP) is -0.407. The molecule has 0 unspecified atom stereocenters. The van der Waals surface area contributed by atoms with Crippen LogP contribution in [0.5, 0.6) is 0 Å². The lowest BCUT2D eigenvalue weighted by Gasteiger charge is -2.28. The standard InChI is InChI=1S/C27H43N5O7S/c1-14(2)11-19(27(38)39)29-24(35)20(13-40)30-25(36)21(15(3)4)31-26(37)22(16(5)33)32-23(34)18(28)12-17-9-7-6-8-10-17/h6-10,14-16,18-22,33,40H,11-13,28H2,1-5H3,(H,29,35)(H,30,36)(H,31,37)(H,32,34)(H,38,39)/t16-,18+,19+,20+,21+,22+/m1/s1. The second kappa shape index (κ2) is 16.8. The highest BCUT2D eigenvalue weighted by Gasteiger charge is 2.34. The molecule has 0 spiro atoms. The fourth-order valence-electron chi connectivity index (χ4n) is 3.83. The van der Waals surface area contributed by atoms with E-state index in [1.807, 2.05) is 32.0 Å². The number of hydrogen-bond donors (Lipinski definition) is 8. The fourth-order valence-corrected chi connectivity index (χ4v) is 4.08. The van der Waals surface area contributed by atoms with Crippen molar-refractivity contribution in [3.63, 3.8) is 0 Å². The van der Waals surface area contributed by atoms with Crippen molar-refractivity contribution in [2.75, 3.05) is 5.75 Å². The fraction of sp³-hybridized carbons (Fsp3) is 0.593. The molecule has 13 heteroatoms. The van der Waals surface area contributed by atoms with Crippen molar-refractivity contribution >= 4 is 42.2 Å². The van der Waals surface area contributed by atoms with Crippen LogP contribution in [0.2, 0.25) is 0 Å². The van der Waals surface area contributed by atoms with Crippen molar-refractivity contribution in [2.24, 2.45) is 17.6 Å². The zero-order valence-electron chi connectivity index (χ0n) is 23.6. The van der Waals surface area contributed by atoms with Gasteiger partial charge in [0.05, 0.1) is 12.1 Å². The summed E-state index contributed by atoms with van der Waals surface area (Å²) in [5.41, 5.74) is 6.82. The summed E-state index contributed by atoms with van der Waals surface area (Å²) in [5, 5.41) is 29.5. The van der Waals surface area contributed by atoms with E-state index in [9.17, 15) is 34.2 Å². The van der Waals surface area contributed by atoms with Crippen LogP contribution >= 0.6 is 12.6 Å². The van der Waals surface area contributed by atoms with Crippen LogP contribution in [0.15, 0.2) is 30.3 Å². The molecular formula is C27H43N5O7S. The van der Waals surface area contributed by atoms with Gasteiger partial charge in [-0.25, -0.2) is 4.79 Å². The molecule has 0 heterocycles. The first kappa shape index (κ1) is 34.9. The molecular weight excluding hydrogens is 538 g/mol. The summed E-state index contributed by atoms with van der Waals surface area (Å²) in [4.78, 5) is 63.1. The first-order valence-corrected chi connectivity index (χ1v) is 13.8. The summed E-state index contributed by atoms with van der Waals surface area (Å²) in [6, 6.07) is 3.20. The zero-order valence-corrected chi connectivity index (χ0v) is 24.5. The molecule has 0 bridgehead atoms. The van der Waals surface area contributed by atoms with E-state index in [0.29, 0.717) is 0 Å². The molecule has 0 aliphatic carbocycles. The van der Waals surface area contributed by atoms with Gasteiger partial charge in [0.25, 0.3) is 0 Å². The summed E-state index contributed by atoms with van der Waals surface area (Å²) in [6.45, 7) is 8.27. The van der Waals surface area contributed by atoms with Crippen molar-refractivity contribution in [1.82, 2.24) is 21.3 Å². The number of carboxylic acids is 1. The molecule has 0 saturated heterocycles. The Kier molecular flexibility index (Phi) is 14.7. The molecule has 1 aromatic rings. The molecule has 8 N–H and O–H groups in total. The Hall–Kier alpha value is -3.16. The lowest BCUT2D eigenvalue weighted by Crippen LogP contribution is -2.61. The maximum atomic E-state index is 13.1. The number of rotatable bonds is 16. The topological polar surface area (TPSA) is 200 Å². The number of nitrogens with one attached hydrogen (secondary N) is 4. The number of carbonyl (C=O) groups excluding carboxylic acids is 4. The SMILES string of the molecule is CC(C)C[C@H](NC(=O)[C@H](CS)NC(=O)[C@@H](NC(=O)[C@@H](NC(=O)[C@@H](N)Cc1ccccc1)[C@@H](C)O)C(C)C)C(=O)O. The smallest absolute Gasteiger partial charge is 0.326 e. The molecule has 0 aliphatic rings. The molecule has 224 valence electrons. The molecule has 12 nitrogen and oxygen atoms in total. The van der Waals surface area contributed by atoms with Gasteiger partial charge in [0.2, 0.25) is 23.6 Å². The Morgan fingerprint density at radius 1 is 0.800 bits per heavy atom. The van der Waals surface area contributed by atoms with Crippen molar-refractivity contribution < 1.29 is 34.2 Å². The van der Waals surface area contributed by atoms with Crippen molar-refractivity contribution in [3.05, 3.63) is 35.9 Å². The van der Waals surface area contributed by atoms with Crippen LogP contribution in [0.25, 0.3) is 0 Å². The molecule has 1 aromatic carbocycles. The van der Waals surface area contributed by atoms with E-state index >= 15 is 0 Å². The summed E-state index contributed by atoms with van der Waals surface area (Å²) in [7, 11) is 0. The Morgan fingerprint density at radius 2 is 1.32 bits per heavy atom. The Bertz CT molecular complexity index is 1010. The number of thiol groups is 1. The van der Waals surface area contributed by atoms with Crippen LogP contribution < -0.4 is 27.0 Å². The van der Waals surface area contributed by atoms with Gasteiger partial charge in [-0.3, -0.25) is 19.2 Å². The third-order valence-electron chi connectivity index (χ3n) is 6.08. The van der Waals surface area contributed by atoms with Gasteiger partial charge >= 0.3 is 5.97 Å². The number of aliphatic hydroxyl groups excluding tert-OH is 1. The van der Waals surface area contributed by atoms with Crippen LogP contribution in [0.3, 0.4) is 0 Å². The van der Waals surface area contributed by atoms with E-state index in [2.05, 4.69) is 33.9 Å². The Balaban J connectivity index is 2.91. The summed E-state index contributed by atoms with van der Waals surface area (Å²) in [6.07, 6.45) is -0.903. The molecule has 40 heavy (non-hydrogen) atoms. The molecule has 4 amide bonds. The lowest BCUT2D eigenvalue weighted by atomic mass is 10.0. The summed E-state index contributed by atoms with van der Waals surface area (Å²) >= 11 is 4.11. The number of hydrogen-bond acceptors (Lipinski definition) is 8. The monoisotopic (exact) mass is 581 g/mol. The van der Waals surface area contributed by atoms with E-state index in [1.165, 1.54) is 6.92 Å². The Labute approximate surface area is 240 Å². The molecule has 0 radical (unpaired) electrons. The molecule has 6 atom stereocenters. The highest BCUT2D eigenvalue weighted by molar-refractivity contribution is 7.80. The minimum absolute atomic E-state index is 0.00113. The van der Waals surface area contributed by atoms with Gasteiger partial charge < -0.3 is 37.2 Å². The second-order valence-electron chi connectivity index (χ2n) is 10.5. The van der Waals surface area contributed by atoms with Gasteiger partial charge in [-0.15, -0.1) is 0 Å². The van der Waals surface area contributed by atoms with Crippen LogP contribution in [0.1, 0.15) is 46.6 Å². The van der Waals surface area contributed by atoms with Gasteiger partial charge in [-0.05, 0) is 37.2 Å². The molecule has 1 rings (SSSR count). The lowest BCUT2D eigenvalue weighted by molar-refractivity contribution is -0.142. The number of carbonyl (C=O) groups is 5. The predicted molar refractivity (Wildman–Crippen MR) is 153 cm³/mol. The highest BCUT2D eigenvalue weighted by Crippen LogP contribution is 2.08. The number of aliphatic hydroxyl groups is 1. The highest BCUT2D eigenvalue weighted by atomic mass is 32.1. The first-order chi connectivity index (χ1) is 18.7. The van der Waals surface area contributed by atoms with E-state index in [4.69, 9.17) is 5.73 Å². The minimum Gasteiger partial charge on any atom is -0.480 e. The van der Waals surface area contributed by atoms with Crippen LogP contribution in [0.4, 0.5) is 0 Å². The molecule has 0 aliphatic heterocycles. The third kappa shape index (κ3) is 11.5. The number of carboxylic acid groups (broad SMARTS) is 1. The number of amides is 4. The van der Waals surface area contributed by atoms with Crippen LogP contribution in [-0.2, 0) is 30.4 Å². The van der Waals surface area contributed by atoms with Gasteiger partial charge in [-0.2, -0.15) is 12.6 Å². The van der Waals surface area contributed by atoms with Crippen molar-refractivity contribution in [2.45, 2.75) is 83.8 Å². The van der Waals surface area contributed by atoms with Crippen LogP contribution in [0, 0.1) is 11.8 Å². The van der Waals surface area contributed by atoms with E-state index in [-0.39, 0.29) is 24.5 Å².